The van der Waals surface area contributed by atoms with E-state index in [2.05, 4.69) is 20.6 Å². The van der Waals surface area contributed by atoms with E-state index in [0.29, 0.717) is 6.54 Å². The third-order valence-electron chi connectivity index (χ3n) is 3.23. The molecule has 21 heavy (non-hydrogen) atoms. The molecule has 0 aromatic carbocycles. The van der Waals surface area contributed by atoms with Gasteiger partial charge >= 0.3 is 0 Å². The molecule has 0 saturated heterocycles. The molecule has 0 aliphatic heterocycles. The van der Waals surface area contributed by atoms with Gasteiger partial charge in [-0.1, -0.05) is 0 Å². The lowest BCUT2D eigenvalue weighted by Crippen LogP contribution is -2.36. The summed E-state index contributed by atoms with van der Waals surface area (Å²) in [6.07, 6.45) is 0. The number of nitrogens with one attached hydrogen (secondary N) is 2. The van der Waals surface area contributed by atoms with E-state index in [1.807, 2.05) is 33.8 Å². The Bertz CT molecular complexity index is 590. The zero-order valence-corrected chi connectivity index (χ0v) is 14.0. The van der Waals surface area contributed by atoms with Crippen LogP contribution in [0.4, 0.5) is 0 Å². The number of thiazole rings is 1. The molecule has 5 nitrogen and oxygen atoms in total. The number of furan rings is 1. The average Bonchev–Trinajstić information content (AvgIpc) is 2.91. The Morgan fingerprint density at radius 3 is 2.48 bits per heavy atom. The first-order valence-electron chi connectivity index (χ1n) is 6.93. The van der Waals surface area contributed by atoms with Crippen molar-refractivity contribution in [2.75, 3.05) is 7.05 Å². The number of aromatic nitrogens is 1. The van der Waals surface area contributed by atoms with Crippen LogP contribution in [-0.2, 0) is 13.1 Å². The van der Waals surface area contributed by atoms with Crippen LogP contribution in [-0.4, -0.2) is 18.0 Å². The molecule has 0 radical (unpaired) electrons. The van der Waals surface area contributed by atoms with Crippen molar-refractivity contribution >= 4 is 17.3 Å². The van der Waals surface area contributed by atoms with Crippen LogP contribution in [0, 0.1) is 27.7 Å². The van der Waals surface area contributed by atoms with Gasteiger partial charge in [-0.25, -0.2) is 4.98 Å². The Morgan fingerprint density at radius 2 is 1.95 bits per heavy atom. The summed E-state index contributed by atoms with van der Waals surface area (Å²) in [5, 5.41) is 7.71. The normalized spacial score (nSPS) is 11.8. The van der Waals surface area contributed by atoms with Gasteiger partial charge in [0.05, 0.1) is 17.2 Å². The quantitative estimate of drug-likeness (QED) is 0.673. The highest BCUT2D eigenvalue weighted by atomic mass is 32.1. The summed E-state index contributed by atoms with van der Waals surface area (Å²) in [5.41, 5.74) is 2.24. The molecule has 0 aliphatic carbocycles. The number of hydrogen-bond acceptors (Lipinski definition) is 4. The summed E-state index contributed by atoms with van der Waals surface area (Å²) in [7, 11) is 1.77. The van der Waals surface area contributed by atoms with Crippen LogP contribution in [0.2, 0.25) is 0 Å². The van der Waals surface area contributed by atoms with Gasteiger partial charge in [0, 0.05) is 24.0 Å². The van der Waals surface area contributed by atoms with Gasteiger partial charge in [0.1, 0.15) is 11.5 Å². The Morgan fingerprint density at radius 1 is 1.24 bits per heavy atom. The van der Waals surface area contributed by atoms with Gasteiger partial charge in [-0.15, -0.1) is 11.3 Å². The van der Waals surface area contributed by atoms with E-state index in [9.17, 15) is 0 Å². The van der Waals surface area contributed by atoms with Crippen molar-refractivity contribution in [1.29, 1.82) is 0 Å². The molecular formula is C15H22N4OS. The van der Waals surface area contributed by atoms with Gasteiger partial charge in [0.25, 0.3) is 0 Å². The molecular weight excluding hydrogens is 284 g/mol. The Balaban J connectivity index is 1.89. The first-order chi connectivity index (χ1) is 9.99. The molecule has 2 N–H and O–H groups in total. The van der Waals surface area contributed by atoms with Crippen LogP contribution in [0.25, 0.3) is 0 Å². The van der Waals surface area contributed by atoms with Gasteiger partial charge in [-0.05, 0) is 33.8 Å². The minimum atomic E-state index is 0.698. The lowest BCUT2D eigenvalue weighted by Gasteiger charge is -2.11. The van der Waals surface area contributed by atoms with Gasteiger partial charge in [0.15, 0.2) is 5.96 Å². The van der Waals surface area contributed by atoms with Gasteiger partial charge < -0.3 is 15.1 Å². The van der Waals surface area contributed by atoms with E-state index in [1.54, 1.807) is 18.4 Å². The second-order valence-corrected chi connectivity index (χ2v) is 6.25. The molecule has 0 fully saturated rings. The largest absolute Gasteiger partial charge is 0.466 e. The molecule has 0 atom stereocenters. The summed E-state index contributed by atoms with van der Waals surface area (Å²) in [6.45, 7) is 9.43. The molecule has 6 heteroatoms. The molecule has 0 aliphatic rings. The van der Waals surface area contributed by atoms with Crippen molar-refractivity contribution in [3.63, 3.8) is 0 Å². The number of guanidine groups is 1. The van der Waals surface area contributed by atoms with E-state index in [1.165, 1.54) is 4.88 Å². The predicted octanol–water partition coefficient (Wildman–Crippen LogP) is 2.83. The zero-order valence-electron chi connectivity index (χ0n) is 13.2. The summed E-state index contributed by atoms with van der Waals surface area (Å²) in [4.78, 5) is 9.91. The first kappa shape index (κ1) is 15.6. The highest BCUT2D eigenvalue weighted by Crippen LogP contribution is 2.16. The van der Waals surface area contributed by atoms with Crippen molar-refractivity contribution in [2.45, 2.75) is 40.8 Å². The molecule has 0 unspecified atom stereocenters. The van der Waals surface area contributed by atoms with E-state index in [4.69, 9.17) is 4.42 Å². The number of rotatable bonds is 4. The van der Waals surface area contributed by atoms with Crippen molar-refractivity contribution in [3.8, 4) is 0 Å². The average molecular weight is 306 g/mol. The minimum Gasteiger partial charge on any atom is -0.466 e. The molecule has 2 heterocycles. The summed E-state index contributed by atoms with van der Waals surface area (Å²) >= 11 is 1.72. The number of nitrogens with zero attached hydrogens (tertiary/aromatic N) is 2. The first-order valence-corrected chi connectivity index (χ1v) is 7.74. The van der Waals surface area contributed by atoms with Crippen LogP contribution in [0.5, 0.6) is 0 Å². The minimum absolute atomic E-state index is 0.698. The van der Waals surface area contributed by atoms with E-state index >= 15 is 0 Å². The molecule has 2 aromatic rings. The van der Waals surface area contributed by atoms with Crippen LogP contribution in [0.15, 0.2) is 15.5 Å². The lowest BCUT2D eigenvalue weighted by molar-refractivity contribution is 0.500. The Kier molecular flexibility index (Phi) is 5.01. The third-order valence-corrected chi connectivity index (χ3v) is 4.30. The second kappa shape index (κ2) is 6.76. The Hall–Kier alpha value is -1.82. The molecule has 0 saturated carbocycles. The number of aliphatic imine (C=N–C) groups is 1. The molecule has 2 rings (SSSR count). The molecule has 2 aromatic heterocycles. The third kappa shape index (κ3) is 4.07. The monoisotopic (exact) mass is 306 g/mol. The fraction of sp³-hybridized carbons (Fsp3) is 0.467. The van der Waals surface area contributed by atoms with Crippen molar-refractivity contribution < 1.29 is 4.42 Å². The topological polar surface area (TPSA) is 62.5 Å². The van der Waals surface area contributed by atoms with E-state index < -0.39 is 0 Å². The van der Waals surface area contributed by atoms with Gasteiger partial charge in [0.2, 0.25) is 0 Å². The number of aryl methyl sites for hydroxylation is 4. The van der Waals surface area contributed by atoms with Crippen LogP contribution < -0.4 is 10.6 Å². The maximum absolute atomic E-state index is 5.52. The van der Waals surface area contributed by atoms with Crippen LogP contribution in [0.1, 0.15) is 32.7 Å². The Labute approximate surface area is 129 Å². The van der Waals surface area contributed by atoms with Gasteiger partial charge in [-0.3, -0.25) is 4.99 Å². The lowest BCUT2D eigenvalue weighted by atomic mass is 10.2. The maximum atomic E-state index is 5.52. The second-order valence-electron chi connectivity index (χ2n) is 4.96. The SMILES string of the molecule is CN=C(NCc1cc(C)oc1C)NCc1sc(C)nc1C. The van der Waals surface area contributed by atoms with Crippen molar-refractivity contribution in [3.05, 3.63) is 38.7 Å². The van der Waals surface area contributed by atoms with Crippen LogP contribution >= 0.6 is 11.3 Å². The standard InChI is InChI=1S/C15H22N4OS/c1-9-6-13(11(3)20-9)7-17-15(16-5)18-8-14-10(2)19-12(4)21-14/h6H,7-8H2,1-5H3,(H2,16,17,18). The van der Waals surface area contributed by atoms with Crippen LogP contribution in [0.3, 0.4) is 0 Å². The van der Waals surface area contributed by atoms with E-state index in [-0.39, 0.29) is 0 Å². The highest BCUT2D eigenvalue weighted by Gasteiger charge is 2.08. The fourth-order valence-electron chi connectivity index (χ4n) is 2.16. The fourth-order valence-corrected chi connectivity index (χ4v) is 3.04. The zero-order chi connectivity index (χ0) is 15.4. The van der Waals surface area contributed by atoms with Gasteiger partial charge in [-0.2, -0.15) is 0 Å². The molecule has 0 spiro atoms. The molecule has 0 amide bonds. The van der Waals surface area contributed by atoms with Crippen molar-refractivity contribution in [1.82, 2.24) is 15.6 Å². The predicted molar refractivity (Wildman–Crippen MR) is 86.8 cm³/mol. The smallest absolute Gasteiger partial charge is 0.191 e. The summed E-state index contributed by atoms with van der Waals surface area (Å²) < 4.78 is 5.52. The summed E-state index contributed by atoms with van der Waals surface area (Å²) in [5.74, 6) is 2.66. The van der Waals surface area contributed by atoms with Crippen molar-refractivity contribution in [2.24, 2.45) is 4.99 Å². The molecule has 114 valence electrons. The summed E-state index contributed by atoms with van der Waals surface area (Å²) in [6, 6.07) is 2.05. The number of hydrogen-bond donors (Lipinski definition) is 2. The molecule has 0 bridgehead atoms. The highest BCUT2D eigenvalue weighted by molar-refractivity contribution is 7.11. The van der Waals surface area contributed by atoms with E-state index in [0.717, 1.165) is 40.3 Å². The maximum Gasteiger partial charge on any atom is 0.191 e.